The highest BCUT2D eigenvalue weighted by molar-refractivity contribution is 5.58. The zero-order chi connectivity index (χ0) is 13.8. The average molecular weight is 272 g/mol. The number of aryl methyl sites for hydroxylation is 1. The van der Waals surface area contributed by atoms with Crippen LogP contribution in [-0.2, 0) is 12.8 Å². The zero-order valence-corrected chi connectivity index (χ0v) is 12.9. The summed E-state index contributed by atoms with van der Waals surface area (Å²) in [6.07, 6.45) is 8.00. The van der Waals surface area contributed by atoms with Gasteiger partial charge in [0.15, 0.2) is 0 Å². The first-order valence-electron chi connectivity index (χ1n) is 8.46. The SMILES string of the molecule is CCCCN1CCN(c2cccc3c2CCCC3)CC1. The molecule has 0 radical (unpaired) electrons. The van der Waals surface area contributed by atoms with E-state index in [1.807, 2.05) is 0 Å². The molecule has 0 saturated carbocycles. The van der Waals surface area contributed by atoms with Crippen molar-refractivity contribution < 1.29 is 0 Å². The van der Waals surface area contributed by atoms with Crippen molar-refractivity contribution in [1.82, 2.24) is 4.90 Å². The fourth-order valence-corrected chi connectivity index (χ4v) is 3.65. The lowest BCUT2D eigenvalue weighted by atomic mass is 9.90. The van der Waals surface area contributed by atoms with Gasteiger partial charge in [0.2, 0.25) is 0 Å². The van der Waals surface area contributed by atoms with Crippen LogP contribution in [0, 0.1) is 0 Å². The molecule has 0 unspecified atom stereocenters. The van der Waals surface area contributed by atoms with Crippen molar-refractivity contribution in [3.63, 3.8) is 0 Å². The molecule has 0 bridgehead atoms. The minimum Gasteiger partial charge on any atom is -0.369 e. The Morgan fingerprint density at radius 2 is 1.80 bits per heavy atom. The predicted molar refractivity (Wildman–Crippen MR) is 86.6 cm³/mol. The Bertz CT molecular complexity index is 433. The highest BCUT2D eigenvalue weighted by Gasteiger charge is 2.21. The van der Waals surface area contributed by atoms with Crippen molar-refractivity contribution in [2.75, 3.05) is 37.6 Å². The standard InChI is InChI=1S/C18H28N2/c1-2-3-11-19-12-14-20(15-13-19)18-10-6-8-16-7-4-5-9-17(16)18/h6,8,10H,2-5,7,9,11-15H2,1H3. The highest BCUT2D eigenvalue weighted by Crippen LogP contribution is 2.30. The van der Waals surface area contributed by atoms with E-state index < -0.39 is 0 Å². The molecular formula is C18H28N2. The van der Waals surface area contributed by atoms with Crippen LogP contribution in [0.25, 0.3) is 0 Å². The van der Waals surface area contributed by atoms with E-state index in [9.17, 15) is 0 Å². The Hall–Kier alpha value is -1.02. The number of hydrogen-bond acceptors (Lipinski definition) is 2. The van der Waals surface area contributed by atoms with Gasteiger partial charge in [0.1, 0.15) is 0 Å². The number of hydrogen-bond donors (Lipinski definition) is 0. The summed E-state index contributed by atoms with van der Waals surface area (Å²) in [6, 6.07) is 6.96. The predicted octanol–water partition coefficient (Wildman–Crippen LogP) is 3.49. The van der Waals surface area contributed by atoms with Gasteiger partial charge in [-0.3, -0.25) is 4.90 Å². The minimum atomic E-state index is 1.21. The third-order valence-corrected chi connectivity index (χ3v) is 4.91. The summed E-state index contributed by atoms with van der Waals surface area (Å²) in [7, 11) is 0. The normalized spacial score (nSPS) is 19.9. The highest BCUT2D eigenvalue weighted by atomic mass is 15.3. The van der Waals surface area contributed by atoms with Gasteiger partial charge in [-0.15, -0.1) is 0 Å². The molecule has 2 nitrogen and oxygen atoms in total. The second kappa shape index (κ2) is 6.62. The molecule has 2 aliphatic rings. The number of piperazine rings is 1. The average Bonchev–Trinajstić information content (AvgIpc) is 2.53. The molecule has 1 aromatic rings. The number of benzene rings is 1. The first-order valence-corrected chi connectivity index (χ1v) is 8.46. The molecule has 1 aliphatic heterocycles. The van der Waals surface area contributed by atoms with Gasteiger partial charge in [-0.25, -0.2) is 0 Å². The molecule has 3 rings (SSSR count). The third-order valence-electron chi connectivity index (χ3n) is 4.91. The number of nitrogens with zero attached hydrogens (tertiary/aromatic N) is 2. The molecule has 0 aromatic heterocycles. The molecule has 1 aromatic carbocycles. The molecule has 110 valence electrons. The number of anilines is 1. The Labute approximate surface area is 123 Å². The molecule has 1 saturated heterocycles. The van der Waals surface area contributed by atoms with Gasteiger partial charge in [-0.05, 0) is 55.8 Å². The van der Waals surface area contributed by atoms with E-state index in [4.69, 9.17) is 0 Å². The Kier molecular flexibility index (Phi) is 4.62. The molecular weight excluding hydrogens is 244 g/mol. The van der Waals surface area contributed by atoms with E-state index in [-0.39, 0.29) is 0 Å². The molecule has 20 heavy (non-hydrogen) atoms. The van der Waals surface area contributed by atoms with E-state index in [1.54, 1.807) is 11.1 Å². The summed E-state index contributed by atoms with van der Waals surface area (Å²) in [5.41, 5.74) is 4.81. The maximum atomic E-state index is 2.63. The van der Waals surface area contributed by atoms with E-state index in [0.29, 0.717) is 0 Å². The van der Waals surface area contributed by atoms with Gasteiger partial charge in [0.05, 0.1) is 0 Å². The summed E-state index contributed by atoms with van der Waals surface area (Å²) < 4.78 is 0. The molecule has 1 aliphatic carbocycles. The number of fused-ring (bicyclic) bond motifs is 1. The lowest BCUT2D eigenvalue weighted by Gasteiger charge is -2.38. The van der Waals surface area contributed by atoms with Crippen LogP contribution in [0.3, 0.4) is 0 Å². The molecule has 0 amide bonds. The molecule has 0 N–H and O–H groups in total. The fraction of sp³-hybridized carbons (Fsp3) is 0.667. The van der Waals surface area contributed by atoms with Crippen molar-refractivity contribution in [3.05, 3.63) is 29.3 Å². The van der Waals surface area contributed by atoms with Crippen molar-refractivity contribution in [3.8, 4) is 0 Å². The van der Waals surface area contributed by atoms with Gasteiger partial charge < -0.3 is 4.90 Å². The second-order valence-electron chi connectivity index (χ2n) is 6.30. The maximum Gasteiger partial charge on any atom is 0.0402 e. The van der Waals surface area contributed by atoms with Crippen LogP contribution in [0.5, 0.6) is 0 Å². The summed E-state index contributed by atoms with van der Waals surface area (Å²) >= 11 is 0. The topological polar surface area (TPSA) is 6.48 Å². The molecule has 1 heterocycles. The van der Waals surface area contributed by atoms with Gasteiger partial charge in [-0.1, -0.05) is 25.5 Å². The lowest BCUT2D eigenvalue weighted by Crippen LogP contribution is -2.47. The summed E-state index contributed by atoms with van der Waals surface area (Å²) in [5, 5.41) is 0. The van der Waals surface area contributed by atoms with Gasteiger partial charge in [0, 0.05) is 31.9 Å². The second-order valence-corrected chi connectivity index (χ2v) is 6.30. The largest absolute Gasteiger partial charge is 0.369 e. The van der Waals surface area contributed by atoms with Crippen LogP contribution in [0.1, 0.15) is 43.7 Å². The minimum absolute atomic E-state index is 1.21. The van der Waals surface area contributed by atoms with E-state index in [2.05, 4.69) is 34.9 Å². The Morgan fingerprint density at radius 3 is 2.60 bits per heavy atom. The number of unbranched alkanes of at least 4 members (excludes halogenated alkanes) is 1. The van der Waals surface area contributed by atoms with Crippen molar-refractivity contribution in [2.24, 2.45) is 0 Å². The first-order chi connectivity index (χ1) is 9.88. The molecule has 0 spiro atoms. The third kappa shape index (κ3) is 3.01. The van der Waals surface area contributed by atoms with Gasteiger partial charge in [0.25, 0.3) is 0 Å². The van der Waals surface area contributed by atoms with Crippen LogP contribution in [0.2, 0.25) is 0 Å². The van der Waals surface area contributed by atoms with Crippen LogP contribution < -0.4 is 4.90 Å². The van der Waals surface area contributed by atoms with Gasteiger partial charge >= 0.3 is 0 Å². The van der Waals surface area contributed by atoms with Crippen LogP contribution >= 0.6 is 0 Å². The summed E-state index contributed by atoms with van der Waals surface area (Å²) in [5.74, 6) is 0. The Balaban J connectivity index is 1.66. The maximum absolute atomic E-state index is 2.63. The van der Waals surface area contributed by atoms with E-state index in [0.717, 1.165) is 0 Å². The van der Waals surface area contributed by atoms with Crippen LogP contribution in [-0.4, -0.2) is 37.6 Å². The summed E-state index contributed by atoms with van der Waals surface area (Å²) in [6.45, 7) is 8.47. The van der Waals surface area contributed by atoms with Crippen molar-refractivity contribution in [1.29, 1.82) is 0 Å². The quantitative estimate of drug-likeness (QED) is 0.828. The number of rotatable bonds is 4. The van der Waals surface area contributed by atoms with Gasteiger partial charge in [-0.2, -0.15) is 0 Å². The summed E-state index contributed by atoms with van der Waals surface area (Å²) in [4.78, 5) is 5.27. The Morgan fingerprint density at radius 1 is 1.00 bits per heavy atom. The monoisotopic (exact) mass is 272 g/mol. The van der Waals surface area contributed by atoms with E-state index >= 15 is 0 Å². The zero-order valence-electron chi connectivity index (χ0n) is 12.9. The smallest absolute Gasteiger partial charge is 0.0402 e. The lowest BCUT2D eigenvalue weighted by molar-refractivity contribution is 0.254. The molecule has 1 fully saturated rings. The first kappa shape index (κ1) is 13.9. The van der Waals surface area contributed by atoms with Crippen LogP contribution in [0.4, 0.5) is 5.69 Å². The molecule has 2 heteroatoms. The fourth-order valence-electron chi connectivity index (χ4n) is 3.65. The molecule has 0 atom stereocenters. The van der Waals surface area contributed by atoms with Crippen molar-refractivity contribution >= 4 is 5.69 Å². The van der Waals surface area contributed by atoms with Crippen molar-refractivity contribution in [2.45, 2.75) is 45.4 Å². The van der Waals surface area contributed by atoms with Crippen LogP contribution in [0.15, 0.2) is 18.2 Å². The van der Waals surface area contributed by atoms with E-state index in [1.165, 1.54) is 76.9 Å².